The summed E-state index contributed by atoms with van der Waals surface area (Å²) in [6, 6.07) is 3.67. The van der Waals surface area contributed by atoms with Gasteiger partial charge in [-0.3, -0.25) is 14.6 Å². The standard InChI is InChI=1S/C8H8N2O2/c11-8-7(5-12-10-8)6-2-1-3-9-4-6/h1-4,7H,5H2,(H,10,11). The number of nitrogens with one attached hydrogen (secondary N) is 1. The largest absolute Gasteiger partial charge is 0.272 e. The Morgan fingerprint density at radius 3 is 3.17 bits per heavy atom. The number of hydrogen-bond donors (Lipinski definition) is 1. The van der Waals surface area contributed by atoms with Gasteiger partial charge in [-0.15, -0.1) is 0 Å². The van der Waals surface area contributed by atoms with Gasteiger partial charge in [0.1, 0.15) is 0 Å². The Labute approximate surface area is 69.5 Å². The van der Waals surface area contributed by atoms with E-state index < -0.39 is 0 Å². The summed E-state index contributed by atoms with van der Waals surface area (Å²) < 4.78 is 0. The fourth-order valence-corrected chi connectivity index (χ4v) is 1.17. The number of carbonyl (C=O) groups excluding carboxylic acids is 1. The molecule has 1 aliphatic rings. The number of hydrogen-bond acceptors (Lipinski definition) is 3. The number of pyridine rings is 1. The van der Waals surface area contributed by atoms with Gasteiger partial charge in [-0.25, -0.2) is 5.48 Å². The first-order chi connectivity index (χ1) is 5.88. The summed E-state index contributed by atoms with van der Waals surface area (Å²) >= 11 is 0. The minimum Gasteiger partial charge on any atom is -0.272 e. The summed E-state index contributed by atoms with van der Waals surface area (Å²) in [5.41, 5.74) is 3.20. The monoisotopic (exact) mass is 164 g/mol. The summed E-state index contributed by atoms with van der Waals surface area (Å²) in [4.78, 5) is 19.8. The summed E-state index contributed by atoms with van der Waals surface area (Å²) in [6.45, 7) is 0.393. The van der Waals surface area contributed by atoms with Crippen molar-refractivity contribution in [1.82, 2.24) is 10.5 Å². The maximum atomic E-state index is 11.1. The van der Waals surface area contributed by atoms with Crippen LogP contribution in [0.25, 0.3) is 0 Å². The number of amides is 1. The van der Waals surface area contributed by atoms with Crippen LogP contribution in [0.5, 0.6) is 0 Å². The summed E-state index contributed by atoms with van der Waals surface area (Å²) in [5.74, 6) is -0.290. The van der Waals surface area contributed by atoms with Crippen molar-refractivity contribution in [2.45, 2.75) is 5.92 Å². The third-order valence-corrected chi connectivity index (χ3v) is 1.83. The van der Waals surface area contributed by atoms with E-state index in [1.165, 1.54) is 0 Å². The number of hydroxylamine groups is 1. The maximum absolute atomic E-state index is 11.1. The second kappa shape index (κ2) is 2.91. The van der Waals surface area contributed by atoms with Gasteiger partial charge in [0.2, 0.25) is 0 Å². The summed E-state index contributed by atoms with van der Waals surface area (Å²) in [7, 11) is 0. The first-order valence-corrected chi connectivity index (χ1v) is 3.69. The molecule has 1 aromatic heterocycles. The fraction of sp³-hybridized carbons (Fsp3) is 0.250. The Morgan fingerprint density at radius 2 is 2.58 bits per heavy atom. The van der Waals surface area contributed by atoms with E-state index in [2.05, 4.69) is 10.5 Å². The highest BCUT2D eigenvalue weighted by Gasteiger charge is 2.26. The van der Waals surface area contributed by atoms with Gasteiger partial charge in [0.25, 0.3) is 5.91 Å². The quantitative estimate of drug-likeness (QED) is 0.646. The molecule has 62 valence electrons. The van der Waals surface area contributed by atoms with Gasteiger partial charge in [-0.05, 0) is 11.6 Å². The van der Waals surface area contributed by atoms with Crippen molar-refractivity contribution in [3.63, 3.8) is 0 Å². The molecule has 0 radical (unpaired) electrons. The normalized spacial score (nSPS) is 22.3. The van der Waals surface area contributed by atoms with Crippen molar-refractivity contribution in [2.75, 3.05) is 6.61 Å². The van der Waals surface area contributed by atoms with Crippen molar-refractivity contribution < 1.29 is 9.63 Å². The topological polar surface area (TPSA) is 51.2 Å². The number of rotatable bonds is 1. The van der Waals surface area contributed by atoms with E-state index in [0.29, 0.717) is 6.61 Å². The molecule has 1 amide bonds. The van der Waals surface area contributed by atoms with Crippen molar-refractivity contribution in [3.8, 4) is 0 Å². The smallest absolute Gasteiger partial charge is 0.253 e. The molecule has 1 aliphatic heterocycles. The van der Waals surface area contributed by atoms with Gasteiger partial charge in [0.05, 0.1) is 12.5 Å². The molecule has 12 heavy (non-hydrogen) atoms. The first kappa shape index (κ1) is 7.24. The van der Waals surface area contributed by atoms with E-state index in [-0.39, 0.29) is 11.8 Å². The number of aromatic nitrogens is 1. The van der Waals surface area contributed by atoms with Crippen LogP contribution in [0.1, 0.15) is 11.5 Å². The van der Waals surface area contributed by atoms with Gasteiger partial charge in [-0.1, -0.05) is 6.07 Å². The minimum atomic E-state index is -0.196. The lowest BCUT2D eigenvalue weighted by atomic mass is 10.0. The van der Waals surface area contributed by atoms with Gasteiger partial charge >= 0.3 is 0 Å². The minimum absolute atomic E-state index is 0.0944. The molecule has 1 N–H and O–H groups in total. The van der Waals surface area contributed by atoms with Gasteiger partial charge in [-0.2, -0.15) is 0 Å². The summed E-state index contributed by atoms with van der Waals surface area (Å²) in [5, 5.41) is 0. The second-order valence-corrected chi connectivity index (χ2v) is 2.62. The Balaban J connectivity index is 2.25. The lowest BCUT2D eigenvalue weighted by Gasteiger charge is -2.02. The van der Waals surface area contributed by atoms with Crippen LogP contribution in [-0.4, -0.2) is 17.5 Å². The molecular weight excluding hydrogens is 156 g/mol. The summed E-state index contributed by atoms with van der Waals surface area (Å²) in [6.07, 6.45) is 3.36. The van der Waals surface area contributed by atoms with Gasteiger partial charge in [0, 0.05) is 12.4 Å². The van der Waals surface area contributed by atoms with Crippen LogP contribution in [0.4, 0.5) is 0 Å². The van der Waals surface area contributed by atoms with Crippen LogP contribution in [-0.2, 0) is 9.63 Å². The highest BCUT2D eigenvalue weighted by atomic mass is 16.7. The van der Waals surface area contributed by atoms with E-state index >= 15 is 0 Å². The van der Waals surface area contributed by atoms with Crippen molar-refractivity contribution in [2.24, 2.45) is 0 Å². The maximum Gasteiger partial charge on any atom is 0.253 e. The Bertz CT molecular complexity index is 286. The zero-order chi connectivity index (χ0) is 8.39. The molecule has 1 fully saturated rings. The molecule has 0 aromatic carbocycles. The third kappa shape index (κ3) is 1.16. The Hall–Kier alpha value is -1.42. The van der Waals surface area contributed by atoms with Gasteiger partial charge in [0.15, 0.2) is 0 Å². The van der Waals surface area contributed by atoms with Crippen LogP contribution < -0.4 is 5.48 Å². The molecule has 0 spiro atoms. The molecular formula is C8H8N2O2. The van der Waals surface area contributed by atoms with E-state index in [1.54, 1.807) is 18.5 Å². The van der Waals surface area contributed by atoms with Crippen LogP contribution in [0.3, 0.4) is 0 Å². The molecule has 4 heteroatoms. The van der Waals surface area contributed by atoms with Crippen LogP contribution in [0.2, 0.25) is 0 Å². The SMILES string of the molecule is O=C1NOCC1c1cccnc1. The van der Waals surface area contributed by atoms with Crippen molar-refractivity contribution in [3.05, 3.63) is 30.1 Å². The molecule has 0 saturated carbocycles. The van der Waals surface area contributed by atoms with E-state index in [1.807, 2.05) is 6.07 Å². The zero-order valence-electron chi connectivity index (χ0n) is 6.36. The average molecular weight is 164 g/mol. The van der Waals surface area contributed by atoms with E-state index in [4.69, 9.17) is 4.84 Å². The fourth-order valence-electron chi connectivity index (χ4n) is 1.17. The van der Waals surface area contributed by atoms with Crippen LogP contribution in [0.15, 0.2) is 24.5 Å². The highest BCUT2D eigenvalue weighted by molar-refractivity contribution is 5.84. The molecule has 1 atom stereocenters. The number of nitrogens with zero attached hydrogens (tertiary/aromatic N) is 1. The zero-order valence-corrected chi connectivity index (χ0v) is 6.36. The molecule has 0 bridgehead atoms. The third-order valence-electron chi connectivity index (χ3n) is 1.83. The Kier molecular flexibility index (Phi) is 1.75. The molecule has 1 aromatic rings. The van der Waals surface area contributed by atoms with Gasteiger partial charge < -0.3 is 0 Å². The molecule has 4 nitrogen and oxygen atoms in total. The average Bonchev–Trinajstić information content (AvgIpc) is 2.53. The lowest BCUT2D eigenvalue weighted by molar-refractivity contribution is -0.124. The van der Waals surface area contributed by atoms with E-state index in [0.717, 1.165) is 5.56 Å². The molecule has 2 rings (SSSR count). The second-order valence-electron chi connectivity index (χ2n) is 2.62. The number of carbonyl (C=O) groups is 1. The Morgan fingerprint density at radius 1 is 1.67 bits per heavy atom. The van der Waals surface area contributed by atoms with Crippen molar-refractivity contribution >= 4 is 5.91 Å². The predicted octanol–water partition coefficient (Wildman–Crippen LogP) is 0.227. The van der Waals surface area contributed by atoms with Crippen LogP contribution >= 0.6 is 0 Å². The van der Waals surface area contributed by atoms with Crippen molar-refractivity contribution in [1.29, 1.82) is 0 Å². The molecule has 1 saturated heterocycles. The van der Waals surface area contributed by atoms with Crippen LogP contribution in [0, 0.1) is 0 Å². The van der Waals surface area contributed by atoms with E-state index in [9.17, 15) is 4.79 Å². The molecule has 2 heterocycles. The molecule has 1 unspecified atom stereocenters. The first-order valence-electron chi connectivity index (χ1n) is 3.69. The molecule has 0 aliphatic carbocycles. The predicted molar refractivity (Wildman–Crippen MR) is 41.1 cm³/mol. The lowest BCUT2D eigenvalue weighted by Crippen LogP contribution is -2.17. The highest BCUT2D eigenvalue weighted by Crippen LogP contribution is 2.18.